The molecule has 1 saturated heterocycles. The van der Waals surface area contributed by atoms with Gasteiger partial charge in [0.05, 0.1) is 13.7 Å². The van der Waals surface area contributed by atoms with E-state index in [2.05, 4.69) is 4.74 Å². The second-order valence-electron chi connectivity index (χ2n) is 3.76. The molecule has 90 valence electrons. The van der Waals surface area contributed by atoms with E-state index in [1.54, 1.807) is 6.08 Å². The van der Waals surface area contributed by atoms with E-state index in [1.807, 2.05) is 24.3 Å². The van der Waals surface area contributed by atoms with Crippen molar-refractivity contribution in [2.75, 3.05) is 13.7 Å². The van der Waals surface area contributed by atoms with Crippen molar-refractivity contribution in [3.8, 4) is 0 Å². The fraction of sp³-hybridized carbons (Fsp3) is 0.308. The molecule has 2 rings (SSSR count). The first kappa shape index (κ1) is 11.8. The van der Waals surface area contributed by atoms with Crippen LogP contribution < -0.4 is 0 Å². The molecule has 1 heterocycles. The Morgan fingerprint density at radius 1 is 1.53 bits per heavy atom. The summed E-state index contributed by atoms with van der Waals surface area (Å²) in [6, 6.07) is 7.61. The van der Waals surface area contributed by atoms with Gasteiger partial charge in [-0.25, -0.2) is 4.79 Å². The Labute approximate surface area is 99.5 Å². The molecule has 2 unspecified atom stereocenters. The maximum atomic E-state index is 11.0. The zero-order chi connectivity index (χ0) is 12.3. The van der Waals surface area contributed by atoms with E-state index in [1.165, 1.54) is 13.2 Å². The summed E-state index contributed by atoms with van der Waals surface area (Å²) >= 11 is 0. The molecule has 2 atom stereocenters. The van der Waals surface area contributed by atoms with Gasteiger partial charge in [-0.3, -0.25) is 0 Å². The van der Waals surface area contributed by atoms with E-state index in [0.717, 1.165) is 11.1 Å². The molecule has 1 aromatic rings. The first-order valence-electron chi connectivity index (χ1n) is 5.37. The number of ether oxygens (including phenoxy) is 2. The molecule has 0 saturated carbocycles. The van der Waals surface area contributed by atoms with E-state index < -0.39 is 5.97 Å². The molecule has 1 aliphatic heterocycles. The minimum Gasteiger partial charge on any atom is -0.466 e. The van der Waals surface area contributed by atoms with E-state index in [4.69, 9.17) is 9.84 Å². The quantitative estimate of drug-likeness (QED) is 0.484. The Balaban J connectivity index is 2.17. The molecule has 1 fully saturated rings. The molecule has 4 nitrogen and oxygen atoms in total. The highest BCUT2D eigenvalue weighted by molar-refractivity contribution is 5.87. The maximum absolute atomic E-state index is 11.0. The van der Waals surface area contributed by atoms with Crippen LogP contribution in [0.4, 0.5) is 0 Å². The molecule has 1 aliphatic rings. The molecule has 0 aromatic heterocycles. The number of esters is 1. The van der Waals surface area contributed by atoms with Crippen LogP contribution in [0.2, 0.25) is 0 Å². The number of hydrogen-bond donors (Lipinski definition) is 1. The van der Waals surface area contributed by atoms with Crippen LogP contribution in [-0.2, 0) is 14.3 Å². The summed E-state index contributed by atoms with van der Waals surface area (Å²) in [6.07, 6.45) is 2.87. The van der Waals surface area contributed by atoms with Crippen molar-refractivity contribution in [3.05, 3.63) is 41.5 Å². The van der Waals surface area contributed by atoms with Crippen molar-refractivity contribution >= 4 is 12.0 Å². The third kappa shape index (κ3) is 2.72. The largest absolute Gasteiger partial charge is 0.466 e. The summed E-state index contributed by atoms with van der Waals surface area (Å²) in [7, 11) is 1.34. The third-order valence-electron chi connectivity index (χ3n) is 2.67. The molecule has 1 aromatic carbocycles. The lowest BCUT2D eigenvalue weighted by Crippen LogP contribution is -1.97. The monoisotopic (exact) mass is 234 g/mol. The normalized spacial score (nSPS) is 22.7. The number of epoxide rings is 1. The lowest BCUT2D eigenvalue weighted by molar-refractivity contribution is -0.134. The highest BCUT2D eigenvalue weighted by Gasteiger charge is 2.40. The van der Waals surface area contributed by atoms with Gasteiger partial charge in [0.1, 0.15) is 12.2 Å². The molecule has 0 bridgehead atoms. The maximum Gasteiger partial charge on any atom is 0.330 e. The van der Waals surface area contributed by atoms with Crippen LogP contribution in [0.15, 0.2) is 30.3 Å². The van der Waals surface area contributed by atoms with E-state index in [9.17, 15) is 4.79 Å². The van der Waals surface area contributed by atoms with Crippen molar-refractivity contribution in [1.82, 2.24) is 0 Å². The number of aliphatic hydroxyl groups is 1. The van der Waals surface area contributed by atoms with Gasteiger partial charge in [-0.2, -0.15) is 0 Å². The lowest BCUT2D eigenvalue weighted by atomic mass is 10.0. The summed E-state index contributed by atoms with van der Waals surface area (Å²) in [5.74, 6) is -0.393. The predicted molar refractivity (Wildman–Crippen MR) is 62.2 cm³/mol. The van der Waals surface area contributed by atoms with Crippen LogP contribution >= 0.6 is 0 Å². The van der Waals surface area contributed by atoms with Crippen LogP contribution in [0.3, 0.4) is 0 Å². The van der Waals surface area contributed by atoms with Crippen LogP contribution in [0, 0.1) is 0 Å². The van der Waals surface area contributed by atoms with E-state index in [0.29, 0.717) is 0 Å². The highest BCUT2D eigenvalue weighted by atomic mass is 16.6. The average molecular weight is 234 g/mol. The Hall–Kier alpha value is -1.65. The zero-order valence-corrected chi connectivity index (χ0v) is 9.50. The highest BCUT2D eigenvalue weighted by Crippen LogP contribution is 2.40. The van der Waals surface area contributed by atoms with Gasteiger partial charge in [0, 0.05) is 6.08 Å². The third-order valence-corrected chi connectivity index (χ3v) is 2.67. The number of rotatable bonds is 4. The Morgan fingerprint density at radius 2 is 2.29 bits per heavy atom. The second-order valence-corrected chi connectivity index (χ2v) is 3.76. The first-order chi connectivity index (χ1) is 8.26. The Kier molecular flexibility index (Phi) is 3.56. The summed E-state index contributed by atoms with van der Waals surface area (Å²) in [5.41, 5.74) is 1.88. The molecule has 17 heavy (non-hydrogen) atoms. The van der Waals surface area contributed by atoms with Gasteiger partial charge in [-0.1, -0.05) is 24.3 Å². The number of aliphatic hydroxyl groups excluding tert-OH is 1. The lowest BCUT2D eigenvalue weighted by Gasteiger charge is -2.01. The molecular weight excluding hydrogens is 220 g/mol. The molecule has 0 radical (unpaired) electrons. The molecule has 0 aliphatic carbocycles. The summed E-state index contributed by atoms with van der Waals surface area (Å²) in [5, 5.41) is 8.97. The van der Waals surface area contributed by atoms with Crippen molar-refractivity contribution in [1.29, 1.82) is 0 Å². The van der Waals surface area contributed by atoms with Gasteiger partial charge in [-0.15, -0.1) is 0 Å². The number of carbonyl (C=O) groups excluding carboxylic acids is 1. The van der Waals surface area contributed by atoms with Crippen LogP contribution in [0.5, 0.6) is 0 Å². The summed E-state index contributed by atoms with van der Waals surface area (Å²) in [6.45, 7) is 0.0136. The van der Waals surface area contributed by atoms with Crippen molar-refractivity contribution in [2.24, 2.45) is 0 Å². The van der Waals surface area contributed by atoms with E-state index >= 15 is 0 Å². The second kappa shape index (κ2) is 5.12. The summed E-state index contributed by atoms with van der Waals surface area (Å²) < 4.78 is 9.86. The first-order valence-corrected chi connectivity index (χ1v) is 5.37. The Morgan fingerprint density at radius 3 is 2.94 bits per heavy atom. The van der Waals surface area contributed by atoms with Crippen LogP contribution in [0.1, 0.15) is 17.2 Å². The van der Waals surface area contributed by atoms with Crippen LogP contribution in [0.25, 0.3) is 6.08 Å². The van der Waals surface area contributed by atoms with Gasteiger partial charge in [0.2, 0.25) is 0 Å². The topological polar surface area (TPSA) is 59.1 Å². The number of carbonyl (C=O) groups is 1. The predicted octanol–water partition coefficient (Wildman–Crippen LogP) is 1.30. The average Bonchev–Trinajstić information content (AvgIpc) is 3.15. The van der Waals surface area contributed by atoms with E-state index in [-0.39, 0.29) is 18.8 Å². The Bertz CT molecular complexity index is 439. The summed E-state index contributed by atoms with van der Waals surface area (Å²) in [4.78, 5) is 11.0. The van der Waals surface area contributed by atoms with Crippen molar-refractivity contribution in [3.63, 3.8) is 0 Å². The van der Waals surface area contributed by atoms with Crippen molar-refractivity contribution < 1.29 is 19.4 Å². The number of hydrogen-bond acceptors (Lipinski definition) is 4. The minimum absolute atomic E-state index is 0.0136. The van der Waals surface area contributed by atoms with Gasteiger partial charge >= 0.3 is 5.97 Å². The van der Waals surface area contributed by atoms with Gasteiger partial charge in [0.15, 0.2) is 0 Å². The molecule has 0 amide bonds. The molecule has 1 N–H and O–H groups in total. The van der Waals surface area contributed by atoms with Gasteiger partial charge in [-0.05, 0) is 17.2 Å². The van der Waals surface area contributed by atoms with Gasteiger partial charge in [0.25, 0.3) is 0 Å². The minimum atomic E-state index is -0.393. The molecule has 4 heteroatoms. The fourth-order valence-electron chi connectivity index (χ4n) is 1.70. The molecular formula is C13H14O4. The standard InChI is InChI=1S/C13H14O4/c1-16-12(15)7-6-9-4-2-3-5-10(9)13-11(8-14)17-13/h2-7,11,13-14H,8H2,1H3/b7-6+. The SMILES string of the molecule is COC(=O)/C=C/c1ccccc1C1OC1CO. The smallest absolute Gasteiger partial charge is 0.330 e. The number of methoxy groups -OCH3 is 1. The fourth-order valence-corrected chi connectivity index (χ4v) is 1.70. The van der Waals surface area contributed by atoms with Crippen LogP contribution in [-0.4, -0.2) is 30.9 Å². The molecule has 0 spiro atoms. The van der Waals surface area contributed by atoms with Crippen molar-refractivity contribution in [2.45, 2.75) is 12.2 Å². The zero-order valence-electron chi connectivity index (χ0n) is 9.50. The number of benzene rings is 1. The van der Waals surface area contributed by atoms with Gasteiger partial charge < -0.3 is 14.6 Å².